The summed E-state index contributed by atoms with van der Waals surface area (Å²) in [6.45, 7) is 6.33. The molecule has 0 bridgehead atoms. The normalized spacial score (nSPS) is 12.3. The molecule has 2 aromatic heterocycles. The molecule has 0 saturated carbocycles. The van der Waals surface area contributed by atoms with Crippen molar-refractivity contribution in [2.24, 2.45) is 5.41 Å². The first-order valence-corrected chi connectivity index (χ1v) is 7.04. The Hall–Kier alpha value is -1.14. The third-order valence-corrected chi connectivity index (χ3v) is 3.21. The number of nitrogens with one attached hydrogen (secondary N) is 1. The molecule has 2 heterocycles. The number of imidazole rings is 1. The van der Waals surface area contributed by atoms with Gasteiger partial charge in [0.25, 0.3) is 0 Å². The van der Waals surface area contributed by atoms with Gasteiger partial charge in [-0.25, -0.2) is 9.97 Å². The number of hydrogen-bond donors (Lipinski definition) is 1. The highest BCUT2D eigenvalue weighted by Crippen LogP contribution is 2.20. The summed E-state index contributed by atoms with van der Waals surface area (Å²) in [6.07, 6.45) is 5.59. The van der Waals surface area contributed by atoms with Gasteiger partial charge in [0.1, 0.15) is 4.60 Å². The maximum absolute atomic E-state index is 4.46. The van der Waals surface area contributed by atoms with Crippen molar-refractivity contribution in [3.05, 3.63) is 23.2 Å². The standard InChI is InChI=1S/C13H20BrN5/c1-13(2,9-18(3)4)8-16-11-12-15-5-6-19(12)7-10(14)17-11/h5-7H,8-9H2,1-4H3,(H,16,17). The molecule has 0 saturated heterocycles. The summed E-state index contributed by atoms with van der Waals surface area (Å²) in [5.41, 5.74) is 1.01. The van der Waals surface area contributed by atoms with Crippen molar-refractivity contribution >= 4 is 27.4 Å². The van der Waals surface area contributed by atoms with Crippen LogP contribution in [0, 0.1) is 5.41 Å². The van der Waals surface area contributed by atoms with E-state index in [4.69, 9.17) is 0 Å². The van der Waals surface area contributed by atoms with E-state index in [2.05, 4.69) is 64.1 Å². The van der Waals surface area contributed by atoms with Crippen LogP contribution in [0.3, 0.4) is 0 Å². The summed E-state index contributed by atoms with van der Waals surface area (Å²) < 4.78 is 2.75. The highest BCUT2D eigenvalue weighted by Gasteiger charge is 2.19. The molecule has 0 aromatic carbocycles. The lowest BCUT2D eigenvalue weighted by molar-refractivity contribution is 0.254. The highest BCUT2D eigenvalue weighted by atomic mass is 79.9. The summed E-state index contributed by atoms with van der Waals surface area (Å²) in [6, 6.07) is 0. The molecule has 0 aliphatic heterocycles. The highest BCUT2D eigenvalue weighted by molar-refractivity contribution is 9.10. The Balaban J connectivity index is 2.15. The van der Waals surface area contributed by atoms with Gasteiger partial charge in [-0.05, 0) is 35.4 Å². The molecule has 5 nitrogen and oxygen atoms in total. The minimum absolute atomic E-state index is 0.164. The van der Waals surface area contributed by atoms with Gasteiger partial charge in [-0.3, -0.25) is 0 Å². The number of hydrogen-bond acceptors (Lipinski definition) is 4. The molecule has 19 heavy (non-hydrogen) atoms. The molecule has 0 spiro atoms. The average molecular weight is 326 g/mol. The number of fused-ring (bicyclic) bond motifs is 1. The summed E-state index contributed by atoms with van der Waals surface area (Å²) in [5.74, 6) is 0.811. The fraction of sp³-hybridized carbons (Fsp3) is 0.538. The molecule has 0 unspecified atom stereocenters. The van der Waals surface area contributed by atoms with Crippen molar-refractivity contribution in [3.63, 3.8) is 0 Å². The van der Waals surface area contributed by atoms with E-state index < -0.39 is 0 Å². The van der Waals surface area contributed by atoms with E-state index in [1.54, 1.807) is 6.20 Å². The van der Waals surface area contributed by atoms with Crippen molar-refractivity contribution < 1.29 is 0 Å². The van der Waals surface area contributed by atoms with E-state index in [0.717, 1.165) is 29.2 Å². The van der Waals surface area contributed by atoms with Crippen LogP contribution in [0.1, 0.15) is 13.8 Å². The number of anilines is 1. The van der Waals surface area contributed by atoms with E-state index in [1.807, 2.05) is 16.8 Å². The maximum Gasteiger partial charge on any atom is 0.180 e. The molecule has 0 fully saturated rings. The molecular formula is C13H20BrN5. The fourth-order valence-electron chi connectivity index (χ4n) is 2.25. The molecule has 0 amide bonds. The van der Waals surface area contributed by atoms with Crippen LogP contribution in [-0.4, -0.2) is 46.5 Å². The molecule has 0 radical (unpaired) electrons. The fourth-order valence-corrected chi connectivity index (χ4v) is 2.65. The second kappa shape index (κ2) is 5.46. The van der Waals surface area contributed by atoms with Gasteiger partial charge in [0, 0.05) is 31.7 Å². The van der Waals surface area contributed by atoms with Crippen LogP contribution in [0.4, 0.5) is 5.82 Å². The predicted molar refractivity (Wildman–Crippen MR) is 81.5 cm³/mol. The third kappa shape index (κ3) is 3.67. The van der Waals surface area contributed by atoms with Gasteiger partial charge in [-0.1, -0.05) is 13.8 Å². The molecule has 2 rings (SSSR count). The van der Waals surface area contributed by atoms with E-state index in [-0.39, 0.29) is 5.41 Å². The van der Waals surface area contributed by atoms with Crippen LogP contribution in [0.2, 0.25) is 0 Å². The molecule has 104 valence electrons. The van der Waals surface area contributed by atoms with Gasteiger partial charge in [-0.2, -0.15) is 0 Å². The van der Waals surface area contributed by atoms with Gasteiger partial charge >= 0.3 is 0 Å². The van der Waals surface area contributed by atoms with E-state index >= 15 is 0 Å². The maximum atomic E-state index is 4.46. The zero-order valence-corrected chi connectivity index (χ0v) is 13.4. The van der Waals surface area contributed by atoms with Crippen LogP contribution in [-0.2, 0) is 0 Å². The zero-order valence-electron chi connectivity index (χ0n) is 11.8. The van der Waals surface area contributed by atoms with Gasteiger partial charge < -0.3 is 14.6 Å². The number of halogens is 1. The van der Waals surface area contributed by atoms with Gasteiger partial charge in [0.15, 0.2) is 11.5 Å². The Labute approximate surface area is 122 Å². The van der Waals surface area contributed by atoms with Gasteiger partial charge in [0.2, 0.25) is 0 Å². The summed E-state index contributed by atoms with van der Waals surface area (Å²) in [7, 11) is 4.18. The third-order valence-electron chi connectivity index (χ3n) is 2.82. The SMILES string of the molecule is CN(C)CC(C)(C)CNc1nc(Br)cn2ccnc12. The van der Waals surface area contributed by atoms with Crippen molar-refractivity contribution in [1.82, 2.24) is 19.3 Å². The topological polar surface area (TPSA) is 45.5 Å². The predicted octanol–water partition coefficient (Wildman–Crippen LogP) is 2.49. The second-order valence-electron chi connectivity index (χ2n) is 5.83. The van der Waals surface area contributed by atoms with Crippen molar-refractivity contribution in [2.75, 3.05) is 32.5 Å². The first-order chi connectivity index (χ1) is 8.87. The smallest absolute Gasteiger partial charge is 0.180 e. The molecule has 2 aromatic rings. The minimum Gasteiger partial charge on any atom is -0.366 e. The Kier molecular flexibility index (Phi) is 4.10. The quantitative estimate of drug-likeness (QED) is 0.917. The van der Waals surface area contributed by atoms with Gasteiger partial charge in [-0.15, -0.1) is 0 Å². The zero-order chi connectivity index (χ0) is 14.0. The Bertz CT molecular complexity index is 561. The first-order valence-electron chi connectivity index (χ1n) is 6.25. The van der Waals surface area contributed by atoms with Crippen LogP contribution >= 0.6 is 15.9 Å². The first kappa shape index (κ1) is 14.3. The monoisotopic (exact) mass is 325 g/mol. The minimum atomic E-state index is 0.164. The Morgan fingerprint density at radius 2 is 2.16 bits per heavy atom. The number of aromatic nitrogens is 3. The Morgan fingerprint density at radius 1 is 1.42 bits per heavy atom. The van der Waals surface area contributed by atoms with Crippen LogP contribution in [0.25, 0.3) is 5.65 Å². The van der Waals surface area contributed by atoms with Crippen molar-refractivity contribution in [3.8, 4) is 0 Å². The lowest BCUT2D eigenvalue weighted by Crippen LogP contribution is -2.34. The summed E-state index contributed by atoms with van der Waals surface area (Å²) in [4.78, 5) is 11.0. The molecule has 1 N–H and O–H groups in total. The molecule has 0 aliphatic carbocycles. The number of rotatable bonds is 5. The molecule has 6 heteroatoms. The number of nitrogens with zero attached hydrogens (tertiary/aromatic N) is 4. The van der Waals surface area contributed by atoms with E-state index in [1.165, 1.54) is 0 Å². The molecule has 0 atom stereocenters. The lowest BCUT2D eigenvalue weighted by Gasteiger charge is -2.28. The van der Waals surface area contributed by atoms with Crippen LogP contribution in [0.5, 0.6) is 0 Å². The Morgan fingerprint density at radius 3 is 2.84 bits per heavy atom. The summed E-state index contributed by atoms with van der Waals surface area (Å²) in [5, 5.41) is 3.41. The molecular weight excluding hydrogens is 306 g/mol. The van der Waals surface area contributed by atoms with Crippen molar-refractivity contribution in [1.29, 1.82) is 0 Å². The van der Waals surface area contributed by atoms with Crippen molar-refractivity contribution in [2.45, 2.75) is 13.8 Å². The van der Waals surface area contributed by atoms with Crippen LogP contribution < -0.4 is 5.32 Å². The van der Waals surface area contributed by atoms with Gasteiger partial charge in [0.05, 0.1) is 0 Å². The average Bonchev–Trinajstić information content (AvgIpc) is 2.71. The largest absolute Gasteiger partial charge is 0.366 e. The van der Waals surface area contributed by atoms with Crippen LogP contribution in [0.15, 0.2) is 23.2 Å². The second-order valence-corrected chi connectivity index (χ2v) is 6.64. The van der Waals surface area contributed by atoms with E-state index in [9.17, 15) is 0 Å². The summed E-state index contributed by atoms with van der Waals surface area (Å²) >= 11 is 3.42. The molecule has 0 aliphatic rings. The van der Waals surface area contributed by atoms with E-state index in [0.29, 0.717) is 0 Å². The lowest BCUT2D eigenvalue weighted by atomic mass is 9.93.